The molecule has 3 aliphatic carbocycles. The number of fused-ring (bicyclic) bond motifs is 6. The molecular formula is C30H33N5O2. The summed E-state index contributed by atoms with van der Waals surface area (Å²) in [7, 11) is 3.73. The topological polar surface area (TPSA) is 78.3 Å². The summed E-state index contributed by atoms with van der Waals surface area (Å²) in [4.78, 5) is 20.7. The number of imidazole rings is 1. The van der Waals surface area contributed by atoms with E-state index in [1.165, 1.54) is 40.4 Å². The van der Waals surface area contributed by atoms with E-state index in [1.54, 1.807) is 7.11 Å². The van der Waals surface area contributed by atoms with Crippen LogP contribution in [0.1, 0.15) is 52.7 Å². The van der Waals surface area contributed by atoms with Crippen LogP contribution in [0.25, 0.3) is 33.5 Å². The van der Waals surface area contributed by atoms with Gasteiger partial charge in [0.2, 0.25) is 0 Å². The van der Waals surface area contributed by atoms with Crippen molar-refractivity contribution in [3.63, 3.8) is 0 Å². The van der Waals surface area contributed by atoms with Gasteiger partial charge in [-0.25, -0.2) is 4.98 Å². The summed E-state index contributed by atoms with van der Waals surface area (Å²) in [6.07, 6.45) is 5.83. The van der Waals surface area contributed by atoms with Crippen LogP contribution in [0.4, 0.5) is 0 Å². The van der Waals surface area contributed by atoms with Gasteiger partial charge in [-0.2, -0.15) is 0 Å². The van der Waals surface area contributed by atoms with E-state index in [2.05, 4.69) is 35.2 Å². The first-order chi connectivity index (χ1) is 17.9. The summed E-state index contributed by atoms with van der Waals surface area (Å²) < 4.78 is 10.5. The third-order valence-corrected chi connectivity index (χ3v) is 9.54. The normalized spacial score (nSPS) is 23.9. The van der Waals surface area contributed by atoms with E-state index in [0.29, 0.717) is 17.2 Å². The fourth-order valence-corrected chi connectivity index (χ4v) is 7.27. The molecule has 2 bridgehead atoms. The average molecular weight is 496 g/mol. The van der Waals surface area contributed by atoms with E-state index in [-0.39, 0.29) is 18.0 Å². The molecule has 190 valence electrons. The van der Waals surface area contributed by atoms with E-state index in [9.17, 15) is 4.79 Å². The van der Waals surface area contributed by atoms with Crippen LogP contribution in [0.2, 0.25) is 0 Å². The lowest BCUT2D eigenvalue weighted by atomic mass is 10.1. The molecule has 1 aliphatic heterocycles. The Hall–Kier alpha value is -3.32. The molecule has 2 aromatic carbocycles. The number of carbonyl (C=O) groups is 1. The SMILES string of the molecule is COc1cc(C(=O)N2C[C@H]3CC[C@@H]2[C@@H]3N)cc2nc(-c3cc4cc(C)c5c(c4n3CC3CC3)C5)n(C)c12. The van der Waals surface area contributed by atoms with Gasteiger partial charge >= 0.3 is 0 Å². The second-order valence-corrected chi connectivity index (χ2v) is 11.8. The molecular weight excluding hydrogens is 462 g/mol. The van der Waals surface area contributed by atoms with Crippen molar-refractivity contribution in [2.75, 3.05) is 13.7 Å². The number of rotatable bonds is 5. The number of carbonyl (C=O) groups excluding carboxylic acids is 1. The minimum absolute atomic E-state index is 0.0384. The molecule has 37 heavy (non-hydrogen) atoms. The van der Waals surface area contributed by atoms with Crippen molar-refractivity contribution in [1.82, 2.24) is 19.0 Å². The number of piperidine rings is 1. The summed E-state index contributed by atoms with van der Waals surface area (Å²) in [6.45, 7) is 4.01. The van der Waals surface area contributed by atoms with E-state index < -0.39 is 0 Å². The molecule has 3 heterocycles. The van der Waals surface area contributed by atoms with Gasteiger partial charge in [-0.1, -0.05) is 0 Å². The van der Waals surface area contributed by atoms with Gasteiger partial charge in [0.25, 0.3) is 5.91 Å². The number of hydrogen-bond donors (Lipinski definition) is 1. The van der Waals surface area contributed by atoms with Gasteiger partial charge in [0.15, 0.2) is 5.82 Å². The Kier molecular flexibility index (Phi) is 4.33. The van der Waals surface area contributed by atoms with Gasteiger partial charge in [0.1, 0.15) is 11.3 Å². The van der Waals surface area contributed by atoms with Crippen LogP contribution in [0.15, 0.2) is 24.3 Å². The maximum Gasteiger partial charge on any atom is 0.254 e. The number of methoxy groups -OCH3 is 1. The first-order valence-electron chi connectivity index (χ1n) is 13.7. The fourth-order valence-electron chi connectivity index (χ4n) is 7.27. The highest BCUT2D eigenvalue weighted by Gasteiger charge is 2.47. The third kappa shape index (κ3) is 3.03. The number of benzene rings is 2. The molecule has 7 nitrogen and oxygen atoms in total. The largest absolute Gasteiger partial charge is 0.494 e. The Bertz CT molecular complexity index is 1640. The Labute approximate surface area is 216 Å². The lowest BCUT2D eigenvalue weighted by Gasteiger charge is -2.27. The van der Waals surface area contributed by atoms with Gasteiger partial charge in [0, 0.05) is 49.6 Å². The molecule has 0 spiro atoms. The monoisotopic (exact) mass is 495 g/mol. The molecule has 2 N–H and O–H groups in total. The Morgan fingerprint density at radius 3 is 2.65 bits per heavy atom. The van der Waals surface area contributed by atoms with Crippen molar-refractivity contribution in [2.24, 2.45) is 24.6 Å². The molecule has 0 unspecified atom stereocenters. The van der Waals surface area contributed by atoms with Crippen LogP contribution >= 0.6 is 0 Å². The van der Waals surface area contributed by atoms with Gasteiger partial charge in [-0.15, -0.1) is 0 Å². The number of amides is 1. The van der Waals surface area contributed by atoms with Gasteiger partial charge in [0.05, 0.1) is 23.8 Å². The lowest BCUT2D eigenvalue weighted by molar-refractivity contribution is 0.0700. The van der Waals surface area contributed by atoms with Crippen LogP contribution in [-0.4, -0.2) is 50.7 Å². The summed E-state index contributed by atoms with van der Waals surface area (Å²) in [6, 6.07) is 8.72. The van der Waals surface area contributed by atoms with E-state index in [4.69, 9.17) is 15.5 Å². The minimum atomic E-state index is 0.0384. The second kappa shape index (κ2) is 7.38. The van der Waals surface area contributed by atoms with Crippen molar-refractivity contribution in [3.8, 4) is 17.3 Å². The number of nitrogens with two attached hydrogens (primary N) is 1. The highest BCUT2D eigenvalue weighted by molar-refractivity contribution is 6.01. The van der Waals surface area contributed by atoms with E-state index in [1.807, 2.05) is 17.0 Å². The summed E-state index contributed by atoms with van der Waals surface area (Å²) in [5, 5.41) is 1.31. The van der Waals surface area contributed by atoms with Gasteiger partial charge in [-0.3, -0.25) is 4.79 Å². The van der Waals surface area contributed by atoms with Crippen LogP contribution < -0.4 is 10.5 Å². The van der Waals surface area contributed by atoms with Crippen molar-refractivity contribution in [1.29, 1.82) is 0 Å². The highest BCUT2D eigenvalue weighted by atomic mass is 16.5. The molecule has 2 saturated carbocycles. The molecule has 4 aromatic rings. The number of likely N-dealkylation sites (tertiary alicyclic amines) is 1. The zero-order valence-electron chi connectivity index (χ0n) is 21.8. The standard InChI is InChI=1S/C30H33N5O2/c1-15-8-18-10-24(34(13-16-4-5-16)27(18)21-12-20(15)21)29-32-22-9-19(11-25(37-3)28(22)33(29)2)30(36)35-14-17-6-7-23(35)26(17)31/h8-11,16-17,23,26H,4-7,12-14,31H2,1-3H3/t17-,23-,26-/m1/s1. The molecule has 3 fully saturated rings. The molecule has 8 rings (SSSR count). The van der Waals surface area contributed by atoms with Gasteiger partial charge in [-0.05, 0) is 85.4 Å². The zero-order valence-corrected chi connectivity index (χ0v) is 21.8. The number of aryl methyl sites for hydroxylation is 2. The Morgan fingerprint density at radius 2 is 1.95 bits per heavy atom. The predicted molar refractivity (Wildman–Crippen MR) is 144 cm³/mol. The average Bonchev–Trinajstić information content (AvgIpc) is 3.78. The van der Waals surface area contributed by atoms with Crippen LogP contribution in [-0.2, 0) is 20.0 Å². The number of aromatic nitrogens is 3. The van der Waals surface area contributed by atoms with E-state index in [0.717, 1.165) is 60.8 Å². The molecule has 1 saturated heterocycles. The predicted octanol–water partition coefficient (Wildman–Crippen LogP) is 4.39. The third-order valence-electron chi connectivity index (χ3n) is 9.54. The molecule has 4 aliphatic rings. The minimum Gasteiger partial charge on any atom is -0.494 e. The van der Waals surface area contributed by atoms with Crippen LogP contribution in [0, 0.1) is 18.8 Å². The second-order valence-electron chi connectivity index (χ2n) is 11.8. The van der Waals surface area contributed by atoms with Crippen molar-refractivity contribution >= 4 is 27.8 Å². The zero-order chi connectivity index (χ0) is 25.2. The summed E-state index contributed by atoms with van der Waals surface area (Å²) in [5.41, 5.74) is 15.7. The van der Waals surface area contributed by atoms with Crippen LogP contribution in [0.3, 0.4) is 0 Å². The molecule has 1 amide bonds. The lowest BCUT2D eigenvalue weighted by Crippen LogP contribution is -2.41. The first kappa shape index (κ1) is 21.7. The molecule has 2 aromatic heterocycles. The Balaban J connectivity index is 1.27. The molecule has 0 radical (unpaired) electrons. The summed E-state index contributed by atoms with van der Waals surface area (Å²) >= 11 is 0. The quantitative estimate of drug-likeness (QED) is 0.392. The maximum atomic E-state index is 13.6. The summed E-state index contributed by atoms with van der Waals surface area (Å²) in [5.74, 6) is 2.82. The van der Waals surface area contributed by atoms with Crippen molar-refractivity contribution < 1.29 is 9.53 Å². The Morgan fingerprint density at radius 1 is 1.11 bits per heavy atom. The van der Waals surface area contributed by atoms with Crippen molar-refractivity contribution in [3.05, 3.63) is 46.5 Å². The fraction of sp³-hybridized carbons (Fsp3) is 0.467. The number of nitrogens with zero attached hydrogens (tertiary/aromatic N) is 4. The number of hydrogen-bond acceptors (Lipinski definition) is 4. The molecule has 7 heteroatoms. The van der Waals surface area contributed by atoms with Crippen molar-refractivity contribution in [2.45, 2.75) is 57.7 Å². The first-order valence-corrected chi connectivity index (χ1v) is 13.7. The highest BCUT2D eigenvalue weighted by Crippen LogP contribution is 2.44. The molecule has 3 atom stereocenters. The smallest absolute Gasteiger partial charge is 0.254 e. The van der Waals surface area contributed by atoms with E-state index >= 15 is 0 Å². The van der Waals surface area contributed by atoms with Crippen LogP contribution in [0.5, 0.6) is 5.75 Å². The van der Waals surface area contributed by atoms with Gasteiger partial charge < -0.3 is 24.5 Å². The number of ether oxygens (including phenoxy) is 1. The maximum absolute atomic E-state index is 13.6.